The third-order valence-electron chi connectivity index (χ3n) is 5.09. The zero-order valence-corrected chi connectivity index (χ0v) is 12.9. The van der Waals surface area contributed by atoms with E-state index in [-0.39, 0.29) is 17.9 Å². The molecule has 2 unspecified atom stereocenters. The van der Waals surface area contributed by atoms with Gasteiger partial charge >= 0.3 is 0 Å². The second kappa shape index (κ2) is 7.99. The normalized spacial score (nSPS) is 27.9. The van der Waals surface area contributed by atoms with Gasteiger partial charge in [-0.3, -0.25) is 4.79 Å². The van der Waals surface area contributed by atoms with Crippen LogP contribution < -0.4 is 11.1 Å². The molecule has 0 saturated heterocycles. The Labute approximate surface area is 123 Å². The number of hydrogen-bond acceptors (Lipinski definition) is 3. The average Bonchev–Trinajstić information content (AvgIpc) is 2.90. The maximum Gasteiger partial charge on any atom is 0.224 e. The number of amides is 1. The summed E-state index contributed by atoms with van der Waals surface area (Å²) in [4.78, 5) is 14.5. The molecule has 4 heteroatoms. The Morgan fingerprint density at radius 2 is 1.90 bits per heavy atom. The number of carbonyl (C=O) groups excluding carboxylic acids is 1. The summed E-state index contributed by atoms with van der Waals surface area (Å²) in [5, 5.41) is 3.07. The number of hydrogen-bond donors (Lipinski definition) is 2. The molecule has 2 atom stereocenters. The van der Waals surface area contributed by atoms with Crippen molar-refractivity contribution >= 4 is 5.91 Å². The van der Waals surface area contributed by atoms with Crippen molar-refractivity contribution in [3.05, 3.63) is 0 Å². The SMILES string of the molecule is CN(CCCNC(=O)C1CCCC1N)C1CCCCC1. The summed E-state index contributed by atoms with van der Waals surface area (Å²) in [6.07, 6.45) is 11.0. The highest BCUT2D eigenvalue weighted by Gasteiger charge is 2.29. The van der Waals surface area contributed by atoms with Crippen molar-refractivity contribution in [3.8, 4) is 0 Å². The number of nitrogens with zero attached hydrogens (tertiary/aromatic N) is 1. The van der Waals surface area contributed by atoms with Crippen LogP contribution in [0.15, 0.2) is 0 Å². The molecule has 20 heavy (non-hydrogen) atoms. The first-order chi connectivity index (χ1) is 9.68. The van der Waals surface area contributed by atoms with E-state index in [1.807, 2.05) is 0 Å². The molecule has 0 spiro atoms. The molecule has 1 amide bonds. The van der Waals surface area contributed by atoms with Crippen LogP contribution in [0.2, 0.25) is 0 Å². The van der Waals surface area contributed by atoms with Crippen LogP contribution in [0.1, 0.15) is 57.8 Å². The molecular formula is C16H31N3O. The van der Waals surface area contributed by atoms with Crippen LogP contribution in [-0.4, -0.2) is 43.0 Å². The maximum absolute atomic E-state index is 12.0. The molecule has 0 aromatic heterocycles. The molecule has 2 aliphatic rings. The number of rotatable bonds is 6. The molecule has 116 valence electrons. The largest absolute Gasteiger partial charge is 0.356 e. The fraction of sp³-hybridized carbons (Fsp3) is 0.938. The Bertz CT molecular complexity index is 302. The van der Waals surface area contributed by atoms with Crippen LogP contribution >= 0.6 is 0 Å². The van der Waals surface area contributed by atoms with Crippen LogP contribution in [0, 0.1) is 5.92 Å². The maximum atomic E-state index is 12.0. The number of carbonyl (C=O) groups is 1. The molecule has 2 rings (SSSR count). The van der Waals surface area contributed by atoms with Crippen molar-refractivity contribution in [3.63, 3.8) is 0 Å². The molecule has 0 aliphatic heterocycles. The van der Waals surface area contributed by atoms with Gasteiger partial charge in [0.25, 0.3) is 0 Å². The molecule has 2 fully saturated rings. The molecule has 2 aliphatic carbocycles. The zero-order valence-electron chi connectivity index (χ0n) is 12.9. The molecule has 0 aromatic rings. The molecule has 0 radical (unpaired) electrons. The van der Waals surface area contributed by atoms with Crippen molar-refractivity contribution in [2.75, 3.05) is 20.1 Å². The molecule has 0 heterocycles. The van der Waals surface area contributed by atoms with Gasteiger partial charge in [0.1, 0.15) is 0 Å². The summed E-state index contributed by atoms with van der Waals surface area (Å²) in [7, 11) is 2.23. The van der Waals surface area contributed by atoms with Crippen molar-refractivity contribution < 1.29 is 4.79 Å². The Hall–Kier alpha value is -0.610. The van der Waals surface area contributed by atoms with Gasteiger partial charge in [0.15, 0.2) is 0 Å². The van der Waals surface area contributed by atoms with E-state index in [1.165, 1.54) is 32.1 Å². The van der Waals surface area contributed by atoms with Crippen LogP contribution in [0.25, 0.3) is 0 Å². The number of nitrogens with two attached hydrogens (primary N) is 1. The Morgan fingerprint density at radius 3 is 2.55 bits per heavy atom. The first-order valence-corrected chi connectivity index (χ1v) is 8.42. The Morgan fingerprint density at radius 1 is 1.15 bits per heavy atom. The van der Waals surface area contributed by atoms with Gasteiger partial charge in [-0.1, -0.05) is 25.7 Å². The third-order valence-corrected chi connectivity index (χ3v) is 5.09. The van der Waals surface area contributed by atoms with E-state index in [9.17, 15) is 4.79 Å². The van der Waals surface area contributed by atoms with E-state index < -0.39 is 0 Å². The standard InChI is InChI=1S/C16H31N3O/c1-19(13-7-3-2-4-8-13)12-6-11-18-16(20)14-9-5-10-15(14)17/h13-15H,2-12,17H2,1H3,(H,18,20). The smallest absolute Gasteiger partial charge is 0.224 e. The molecule has 0 aromatic carbocycles. The Balaban J connectivity index is 1.57. The van der Waals surface area contributed by atoms with Crippen LogP contribution in [0.4, 0.5) is 0 Å². The van der Waals surface area contributed by atoms with Gasteiger partial charge in [-0.15, -0.1) is 0 Å². The van der Waals surface area contributed by atoms with Crippen molar-refractivity contribution in [1.82, 2.24) is 10.2 Å². The van der Waals surface area contributed by atoms with Crippen LogP contribution in [0.3, 0.4) is 0 Å². The Kier molecular flexibility index (Phi) is 6.30. The lowest BCUT2D eigenvalue weighted by Crippen LogP contribution is -2.40. The van der Waals surface area contributed by atoms with Gasteiger partial charge in [-0.2, -0.15) is 0 Å². The zero-order chi connectivity index (χ0) is 14.4. The lowest BCUT2D eigenvalue weighted by atomic mass is 9.94. The predicted molar refractivity (Wildman–Crippen MR) is 82.4 cm³/mol. The minimum Gasteiger partial charge on any atom is -0.356 e. The van der Waals surface area contributed by atoms with Crippen molar-refractivity contribution in [2.45, 2.75) is 69.9 Å². The summed E-state index contributed by atoms with van der Waals surface area (Å²) in [5.41, 5.74) is 5.96. The van der Waals surface area contributed by atoms with E-state index in [0.29, 0.717) is 0 Å². The molecule has 4 nitrogen and oxygen atoms in total. The minimum absolute atomic E-state index is 0.0612. The highest BCUT2D eigenvalue weighted by Crippen LogP contribution is 2.24. The van der Waals surface area contributed by atoms with Crippen LogP contribution in [-0.2, 0) is 4.79 Å². The summed E-state index contributed by atoms with van der Waals surface area (Å²) >= 11 is 0. The highest BCUT2D eigenvalue weighted by atomic mass is 16.1. The quantitative estimate of drug-likeness (QED) is 0.731. The topological polar surface area (TPSA) is 58.4 Å². The van der Waals surface area contributed by atoms with Crippen molar-refractivity contribution in [1.29, 1.82) is 0 Å². The van der Waals surface area contributed by atoms with Crippen LogP contribution in [0.5, 0.6) is 0 Å². The average molecular weight is 281 g/mol. The predicted octanol–water partition coefficient (Wildman–Crippen LogP) is 1.88. The second-order valence-corrected chi connectivity index (χ2v) is 6.62. The first kappa shape index (κ1) is 15.8. The fourth-order valence-corrected chi connectivity index (χ4v) is 3.69. The van der Waals surface area contributed by atoms with Gasteiger partial charge in [-0.25, -0.2) is 0 Å². The highest BCUT2D eigenvalue weighted by molar-refractivity contribution is 5.79. The number of nitrogens with one attached hydrogen (secondary N) is 1. The van der Waals surface area contributed by atoms with Gasteiger partial charge in [-0.05, 0) is 45.7 Å². The van der Waals surface area contributed by atoms with E-state index in [1.54, 1.807) is 0 Å². The summed E-state index contributed by atoms with van der Waals surface area (Å²) in [6, 6.07) is 0.850. The minimum atomic E-state index is 0.0612. The first-order valence-electron chi connectivity index (χ1n) is 8.42. The second-order valence-electron chi connectivity index (χ2n) is 6.62. The molecule has 0 bridgehead atoms. The van der Waals surface area contributed by atoms with Gasteiger partial charge in [0, 0.05) is 18.6 Å². The lowest BCUT2D eigenvalue weighted by Gasteiger charge is -2.31. The third kappa shape index (κ3) is 4.45. The van der Waals surface area contributed by atoms with E-state index in [2.05, 4.69) is 17.3 Å². The summed E-state index contributed by atoms with van der Waals surface area (Å²) in [5.74, 6) is 0.237. The van der Waals surface area contributed by atoms with Gasteiger partial charge in [0.05, 0.1) is 5.92 Å². The monoisotopic (exact) mass is 281 g/mol. The molecular weight excluding hydrogens is 250 g/mol. The van der Waals surface area contributed by atoms with E-state index in [0.717, 1.165) is 44.8 Å². The lowest BCUT2D eigenvalue weighted by molar-refractivity contribution is -0.125. The summed E-state index contributed by atoms with van der Waals surface area (Å²) < 4.78 is 0. The molecule has 2 saturated carbocycles. The van der Waals surface area contributed by atoms with Crippen molar-refractivity contribution in [2.24, 2.45) is 11.7 Å². The van der Waals surface area contributed by atoms with E-state index >= 15 is 0 Å². The van der Waals surface area contributed by atoms with Gasteiger partial charge < -0.3 is 16.0 Å². The van der Waals surface area contributed by atoms with E-state index in [4.69, 9.17) is 5.73 Å². The fourth-order valence-electron chi connectivity index (χ4n) is 3.69. The summed E-state index contributed by atoms with van der Waals surface area (Å²) in [6.45, 7) is 1.88. The molecule has 3 N–H and O–H groups in total. The van der Waals surface area contributed by atoms with Gasteiger partial charge in [0.2, 0.25) is 5.91 Å².